The number of rotatable bonds is 9. The van der Waals surface area contributed by atoms with Crippen LogP contribution in [0.15, 0.2) is 42.6 Å². The molecular weight excluding hydrogens is 372 g/mol. The Hall–Kier alpha value is -2.07. The maximum Gasteiger partial charge on any atom is 0.166 e. The lowest BCUT2D eigenvalue weighted by atomic mass is 9.69. The number of aryl methyl sites for hydroxylation is 1. The number of nitrogens with zero attached hydrogens (tertiary/aromatic N) is 2. The largest absolute Gasteiger partial charge is 0.490 e. The van der Waals surface area contributed by atoms with E-state index in [-0.39, 0.29) is 0 Å². The zero-order valence-corrected chi connectivity index (χ0v) is 19.4. The molecule has 1 saturated carbocycles. The van der Waals surface area contributed by atoms with E-state index in [1.54, 1.807) is 0 Å². The third-order valence-corrected chi connectivity index (χ3v) is 6.85. The van der Waals surface area contributed by atoms with E-state index in [1.165, 1.54) is 24.8 Å². The highest BCUT2D eigenvalue weighted by Crippen LogP contribution is 2.43. The molecular formula is C26H38N2O2. The Morgan fingerprint density at radius 3 is 2.37 bits per heavy atom. The zero-order valence-electron chi connectivity index (χ0n) is 19.4. The first kappa shape index (κ1) is 22.6. The lowest BCUT2D eigenvalue weighted by Gasteiger charge is -2.42. The zero-order chi connectivity index (χ0) is 21.6. The maximum atomic E-state index is 6.47. The van der Waals surface area contributed by atoms with Gasteiger partial charge in [0.25, 0.3) is 0 Å². The number of hydrogen-bond donors (Lipinski definition) is 0. The summed E-state index contributed by atoms with van der Waals surface area (Å²) in [7, 11) is 0. The minimum absolute atomic E-state index is 0.346. The first-order chi connectivity index (χ1) is 14.5. The topological polar surface area (TPSA) is 34.6 Å². The summed E-state index contributed by atoms with van der Waals surface area (Å²) in [4.78, 5) is 10.9. The Kier molecular flexibility index (Phi) is 7.76. The summed E-state index contributed by atoms with van der Waals surface area (Å²) in [6.07, 6.45) is 7.84. The Balaban J connectivity index is 1.83. The van der Waals surface area contributed by atoms with E-state index in [4.69, 9.17) is 9.57 Å². The van der Waals surface area contributed by atoms with Gasteiger partial charge in [-0.15, -0.1) is 0 Å². The molecule has 0 atom stereocenters. The summed E-state index contributed by atoms with van der Waals surface area (Å²) in [6, 6.07) is 12.8. The molecule has 0 spiro atoms. The van der Waals surface area contributed by atoms with E-state index in [9.17, 15) is 0 Å². The second-order valence-electron chi connectivity index (χ2n) is 9.11. The standard InChI is InChI=1S/C26H38N2O2/c1-6-26(4,5)22-13-15-23(16-14-22)28(30-19-21-11-9-8-10-12-21)24-17-18-27-20(3)25(24)29-7-2/h8-12,17-18,22-23H,6-7,13-16,19H2,1-5H3/t22-,23+. The van der Waals surface area contributed by atoms with Crippen LogP contribution in [-0.4, -0.2) is 17.6 Å². The van der Waals surface area contributed by atoms with Crippen molar-refractivity contribution in [1.82, 2.24) is 4.98 Å². The molecule has 0 aliphatic heterocycles. The maximum absolute atomic E-state index is 6.47. The molecule has 2 aromatic rings. The van der Waals surface area contributed by atoms with Gasteiger partial charge in [0.15, 0.2) is 5.75 Å². The van der Waals surface area contributed by atoms with Crippen molar-refractivity contribution in [1.29, 1.82) is 0 Å². The predicted octanol–water partition coefficient (Wildman–Crippen LogP) is 6.72. The number of pyridine rings is 1. The van der Waals surface area contributed by atoms with E-state index < -0.39 is 0 Å². The molecule has 30 heavy (non-hydrogen) atoms. The second-order valence-corrected chi connectivity index (χ2v) is 9.11. The van der Waals surface area contributed by atoms with Gasteiger partial charge in [0.2, 0.25) is 0 Å². The molecule has 0 amide bonds. The van der Waals surface area contributed by atoms with E-state index in [2.05, 4.69) is 55.1 Å². The highest BCUT2D eigenvalue weighted by atomic mass is 16.7. The number of aromatic nitrogens is 1. The molecule has 1 heterocycles. The van der Waals surface area contributed by atoms with Crippen LogP contribution < -0.4 is 9.80 Å². The van der Waals surface area contributed by atoms with Gasteiger partial charge < -0.3 is 4.74 Å². The van der Waals surface area contributed by atoms with Crippen molar-refractivity contribution < 1.29 is 9.57 Å². The fourth-order valence-electron chi connectivity index (χ4n) is 4.51. The summed E-state index contributed by atoms with van der Waals surface area (Å²) in [5.41, 5.74) is 3.48. The van der Waals surface area contributed by atoms with E-state index >= 15 is 0 Å². The van der Waals surface area contributed by atoms with E-state index in [0.29, 0.717) is 24.7 Å². The summed E-state index contributed by atoms with van der Waals surface area (Å²) in [5.74, 6) is 1.62. The minimum Gasteiger partial charge on any atom is -0.490 e. The Morgan fingerprint density at radius 2 is 1.73 bits per heavy atom. The third kappa shape index (κ3) is 5.34. The lowest BCUT2D eigenvalue weighted by molar-refractivity contribution is 0.0465. The Bertz CT molecular complexity index is 783. The molecule has 0 bridgehead atoms. The van der Waals surface area contributed by atoms with Gasteiger partial charge in [0.1, 0.15) is 5.69 Å². The van der Waals surface area contributed by atoms with Crippen molar-refractivity contribution in [2.45, 2.75) is 79.4 Å². The number of hydrogen-bond acceptors (Lipinski definition) is 4. The molecule has 4 nitrogen and oxygen atoms in total. The average Bonchev–Trinajstić information content (AvgIpc) is 2.77. The first-order valence-electron chi connectivity index (χ1n) is 11.5. The van der Waals surface area contributed by atoms with Crippen LogP contribution in [0.25, 0.3) is 0 Å². The molecule has 1 aliphatic rings. The number of anilines is 1. The van der Waals surface area contributed by atoms with Gasteiger partial charge in [-0.3, -0.25) is 9.82 Å². The molecule has 0 radical (unpaired) electrons. The van der Waals surface area contributed by atoms with Gasteiger partial charge >= 0.3 is 0 Å². The van der Waals surface area contributed by atoms with Crippen molar-refractivity contribution in [2.24, 2.45) is 11.3 Å². The van der Waals surface area contributed by atoms with Crippen LogP contribution in [-0.2, 0) is 11.4 Å². The predicted molar refractivity (Wildman–Crippen MR) is 124 cm³/mol. The van der Waals surface area contributed by atoms with Crippen molar-refractivity contribution >= 4 is 5.69 Å². The molecule has 1 aromatic heterocycles. The van der Waals surface area contributed by atoms with Gasteiger partial charge in [0.05, 0.1) is 24.9 Å². The SMILES string of the molecule is CCOc1c(N(OCc2ccccc2)[C@H]2CC[C@@H](C(C)(C)CC)CC2)ccnc1C. The monoisotopic (exact) mass is 410 g/mol. The second kappa shape index (κ2) is 10.3. The van der Waals surface area contributed by atoms with Crippen LogP contribution in [0.2, 0.25) is 0 Å². The van der Waals surface area contributed by atoms with Crippen LogP contribution >= 0.6 is 0 Å². The molecule has 4 heteroatoms. The molecule has 0 N–H and O–H groups in total. The summed E-state index contributed by atoms with van der Waals surface area (Å²) >= 11 is 0. The van der Waals surface area contributed by atoms with Crippen molar-refractivity contribution in [3.05, 3.63) is 53.9 Å². The van der Waals surface area contributed by atoms with Crippen LogP contribution in [0.1, 0.15) is 71.1 Å². The highest BCUT2D eigenvalue weighted by Gasteiger charge is 2.35. The molecule has 0 unspecified atom stereocenters. The van der Waals surface area contributed by atoms with Gasteiger partial charge in [0, 0.05) is 6.20 Å². The summed E-state index contributed by atoms with van der Waals surface area (Å²) in [6.45, 7) is 12.3. The molecule has 164 valence electrons. The molecule has 1 fully saturated rings. The quantitative estimate of drug-likeness (QED) is 0.430. The number of hydroxylamine groups is 1. The van der Waals surface area contributed by atoms with Crippen LogP contribution in [0.3, 0.4) is 0 Å². The average molecular weight is 411 g/mol. The van der Waals surface area contributed by atoms with Gasteiger partial charge in [-0.05, 0) is 62.5 Å². The normalized spacial score (nSPS) is 19.5. The van der Waals surface area contributed by atoms with Gasteiger partial charge in [-0.25, -0.2) is 5.06 Å². The number of ether oxygens (including phenoxy) is 1. The Labute approximate surface area is 182 Å². The van der Waals surface area contributed by atoms with Crippen LogP contribution in [0.5, 0.6) is 5.75 Å². The smallest absolute Gasteiger partial charge is 0.166 e. The minimum atomic E-state index is 0.346. The number of benzene rings is 1. The lowest BCUT2D eigenvalue weighted by Crippen LogP contribution is -2.40. The third-order valence-electron chi connectivity index (χ3n) is 6.85. The van der Waals surface area contributed by atoms with Crippen molar-refractivity contribution in [3.8, 4) is 5.75 Å². The van der Waals surface area contributed by atoms with Crippen LogP contribution in [0.4, 0.5) is 5.69 Å². The summed E-state index contributed by atoms with van der Waals surface area (Å²) < 4.78 is 6.00. The molecule has 1 aromatic carbocycles. The molecule has 3 rings (SSSR count). The van der Waals surface area contributed by atoms with E-state index in [1.807, 2.05) is 32.2 Å². The Morgan fingerprint density at radius 1 is 1.03 bits per heavy atom. The first-order valence-corrected chi connectivity index (χ1v) is 11.5. The highest BCUT2D eigenvalue weighted by molar-refractivity contribution is 5.59. The fraction of sp³-hybridized carbons (Fsp3) is 0.577. The van der Waals surface area contributed by atoms with Gasteiger partial charge in [-0.1, -0.05) is 57.5 Å². The van der Waals surface area contributed by atoms with Crippen molar-refractivity contribution in [3.63, 3.8) is 0 Å². The molecule has 1 aliphatic carbocycles. The fourth-order valence-corrected chi connectivity index (χ4v) is 4.51. The van der Waals surface area contributed by atoms with Crippen LogP contribution in [0, 0.1) is 18.3 Å². The molecule has 0 saturated heterocycles. The van der Waals surface area contributed by atoms with E-state index in [0.717, 1.165) is 35.9 Å². The summed E-state index contributed by atoms with van der Waals surface area (Å²) in [5, 5.41) is 2.13. The van der Waals surface area contributed by atoms with Crippen molar-refractivity contribution in [2.75, 3.05) is 11.7 Å². The van der Waals surface area contributed by atoms with Gasteiger partial charge in [-0.2, -0.15) is 0 Å².